The van der Waals surface area contributed by atoms with Gasteiger partial charge in [-0.2, -0.15) is 0 Å². The number of hydrogen-bond donors (Lipinski definition) is 1. The first-order valence-corrected chi connectivity index (χ1v) is 5.35. The van der Waals surface area contributed by atoms with Crippen LogP contribution in [0, 0.1) is 6.92 Å². The third kappa shape index (κ3) is 1.74. The Bertz CT molecular complexity index is 548. The van der Waals surface area contributed by atoms with E-state index in [1.165, 1.54) is 0 Å². The van der Waals surface area contributed by atoms with Gasteiger partial charge in [0.2, 0.25) is 0 Å². The zero-order valence-electron chi connectivity index (χ0n) is 8.40. The van der Waals surface area contributed by atoms with E-state index in [4.69, 9.17) is 9.63 Å². The Labute approximate surface area is 100 Å². The molecule has 0 amide bonds. The lowest BCUT2D eigenvalue weighted by Crippen LogP contribution is -1.99. The number of carboxylic acid groups (broad SMARTS) is 1. The Hall–Kier alpha value is -1.62. The van der Waals surface area contributed by atoms with E-state index in [-0.39, 0.29) is 5.56 Å². The van der Waals surface area contributed by atoms with Crippen molar-refractivity contribution in [3.05, 3.63) is 40.1 Å². The molecular formula is C11H8BrNO3. The molecule has 16 heavy (non-hydrogen) atoms. The second-order valence-electron chi connectivity index (χ2n) is 3.25. The smallest absolute Gasteiger partial charge is 0.341 e. The Kier molecular flexibility index (Phi) is 2.78. The van der Waals surface area contributed by atoms with Gasteiger partial charge >= 0.3 is 5.97 Å². The summed E-state index contributed by atoms with van der Waals surface area (Å²) in [4.78, 5) is 11.1. The van der Waals surface area contributed by atoms with E-state index >= 15 is 0 Å². The van der Waals surface area contributed by atoms with Gasteiger partial charge in [0.15, 0.2) is 0 Å². The fraction of sp³-hybridized carbons (Fsp3) is 0.0909. The van der Waals surface area contributed by atoms with E-state index in [0.717, 1.165) is 4.47 Å². The van der Waals surface area contributed by atoms with Crippen molar-refractivity contribution in [2.75, 3.05) is 0 Å². The highest BCUT2D eigenvalue weighted by molar-refractivity contribution is 9.10. The molecule has 0 unspecified atom stereocenters. The Morgan fingerprint density at radius 1 is 1.44 bits per heavy atom. The molecule has 2 aromatic rings. The maximum atomic E-state index is 11.1. The molecule has 4 nitrogen and oxygen atoms in total. The monoisotopic (exact) mass is 281 g/mol. The van der Waals surface area contributed by atoms with Crippen LogP contribution in [-0.2, 0) is 0 Å². The highest BCUT2D eigenvalue weighted by Gasteiger charge is 2.21. The van der Waals surface area contributed by atoms with Crippen LogP contribution in [0.4, 0.5) is 0 Å². The van der Waals surface area contributed by atoms with Gasteiger partial charge in [0.1, 0.15) is 17.0 Å². The van der Waals surface area contributed by atoms with Crippen molar-refractivity contribution >= 4 is 21.9 Å². The number of benzene rings is 1. The number of carboxylic acids is 1. The van der Waals surface area contributed by atoms with Crippen LogP contribution in [0.2, 0.25) is 0 Å². The largest absolute Gasteiger partial charge is 0.477 e. The Morgan fingerprint density at radius 2 is 2.12 bits per heavy atom. The van der Waals surface area contributed by atoms with Gasteiger partial charge in [0.25, 0.3) is 0 Å². The van der Waals surface area contributed by atoms with Crippen LogP contribution in [-0.4, -0.2) is 16.2 Å². The molecule has 0 radical (unpaired) electrons. The number of rotatable bonds is 2. The van der Waals surface area contributed by atoms with Crippen LogP contribution >= 0.6 is 15.9 Å². The molecule has 1 aromatic heterocycles. The average molecular weight is 282 g/mol. The summed E-state index contributed by atoms with van der Waals surface area (Å²) < 4.78 is 5.70. The van der Waals surface area contributed by atoms with Gasteiger partial charge in [-0.3, -0.25) is 0 Å². The molecule has 0 spiro atoms. The lowest BCUT2D eigenvalue weighted by Gasteiger charge is -2.00. The van der Waals surface area contributed by atoms with Crippen LogP contribution in [0.5, 0.6) is 0 Å². The van der Waals surface area contributed by atoms with Crippen LogP contribution in [0.3, 0.4) is 0 Å². The standard InChI is InChI=1S/C11H8BrNO3/c1-6-9(11(14)15)10(13-16-6)7-4-2-3-5-8(7)12/h2-5H,1H3,(H,14,15). The minimum atomic E-state index is -1.04. The quantitative estimate of drug-likeness (QED) is 0.919. The van der Waals surface area contributed by atoms with Gasteiger partial charge in [0, 0.05) is 10.0 Å². The van der Waals surface area contributed by atoms with Crippen molar-refractivity contribution in [1.82, 2.24) is 5.16 Å². The summed E-state index contributed by atoms with van der Waals surface area (Å²) in [7, 11) is 0. The first kappa shape index (κ1) is 10.9. The second kappa shape index (κ2) is 4.09. The first-order chi connectivity index (χ1) is 7.61. The van der Waals surface area contributed by atoms with Crippen LogP contribution < -0.4 is 0 Å². The molecule has 0 aliphatic heterocycles. The molecule has 0 aliphatic rings. The number of halogens is 1. The molecule has 0 saturated carbocycles. The molecule has 0 fully saturated rings. The minimum absolute atomic E-state index is 0.104. The summed E-state index contributed by atoms with van der Waals surface area (Å²) in [6.07, 6.45) is 0. The van der Waals surface area contributed by atoms with E-state index in [2.05, 4.69) is 21.1 Å². The molecule has 1 heterocycles. The van der Waals surface area contributed by atoms with E-state index in [1.54, 1.807) is 13.0 Å². The number of aromatic nitrogens is 1. The molecule has 1 N–H and O–H groups in total. The molecule has 2 rings (SSSR count). The van der Waals surface area contributed by atoms with Crippen molar-refractivity contribution < 1.29 is 14.4 Å². The summed E-state index contributed by atoms with van der Waals surface area (Å²) >= 11 is 3.35. The van der Waals surface area contributed by atoms with Gasteiger partial charge in [0.05, 0.1) is 0 Å². The maximum Gasteiger partial charge on any atom is 0.341 e. The van der Waals surface area contributed by atoms with Crippen LogP contribution in [0.15, 0.2) is 33.3 Å². The molecule has 1 aromatic carbocycles. The topological polar surface area (TPSA) is 63.3 Å². The molecule has 82 valence electrons. The average Bonchev–Trinajstić information content (AvgIpc) is 2.61. The van der Waals surface area contributed by atoms with Gasteiger partial charge < -0.3 is 9.63 Å². The zero-order chi connectivity index (χ0) is 11.7. The minimum Gasteiger partial charge on any atom is -0.477 e. The van der Waals surface area contributed by atoms with Gasteiger partial charge in [-0.25, -0.2) is 4.79 Å². The fourth-order valence-electron chi connectivity index (χ4n) is 1.46. The number of carbonyl (C=O) groups is 1. The molecule has 0 saturated heterocycles. The summed E-state index contributed by atoms with van der Waals surface area (Å²) in [5.74, 6) is -0.734. The van der Waals surface area contributed by atoms with Gasteiger partial charge in [-0.05, 0) is 13.0 Å². The summed E-state index contributed by atoms with van der Waals surface area (Å²) in [5.41, 5.74) is 1.15. The second-order valence-corrected chi connectivity index (χ2v) is 4.10. The van der Waals surface area contributed by atoms with Crippen molar-refractivity contribution in [3.8, 4) is 11.3 Å². The van der Waals surface area contributed by atoms with Crippen molar-refractivity contribution in [2.45, 2.75) is 6.92 Å². The van der Waals surface area contributed by atoms with E-state index in [9.17, 15) is 4.79 Å². The zero-order valence-corrected chi connectivity index (χ0v) is 9.98. The lowest BCUT2D eigenvalue weighted by atomic mass is 10.1. The van der Waals surface area contributed by atoms with Crippen LogP contribution in [0.1, 0.15) is 16.1 Å². The third-order valence-electron chi connectivity index (χ3n) is 2.21. The molecule has 0 aliphatic carbocycles. The molecule has 5 heteroatoms. The highest BCUT2D eigenvalue weighted by Crippen LogP contribution is 2.30. The number of aromatic carboxylic acids is 1. The van der Waals surface area contributed by atoms with E-state index in [0.29, 0.717) is 17.0 Å². The maximum absolute atomic E-state index is 11.1. The molecule has 0 atom stereocenters. The van der Waals surface area contributed by atoms with E-state index < -0.39 is 5.97 Å². The van der Waals surface area contributed by atoms with E-state index in [1.807, 2.05) is 18.2 Å². The number of hydrogen-bond acceptors (Lipinski definition) is 3. The molecule has 0 bridgehead atoms. The van der Waals surface area contributed by atoms with Crippen LogP contribution in [0.25, 0.3) is 11.3 Å². The summed E-state index contributed by atoms with van der Waals surface area (Å²) in [6, 6.07) is 7.27. The summed E-state index contributed by atoms with van der Waals surface area (Å²) in [6.45, 7) is 1.58. The summed E-state index contributed by atoms with van der Waals surface area (Å²) in [5, 5.41) is 12.9. The fourth-order valence-corrected chi connectivity index (χ4v) is 1.93. The normalized spacial score (nSPS) is 10.4. The third-order valence-corrected chi connectivity index (χ3v) is 2.90. The predicted octanol–water partition coefficient (Wildman–Crippen LogP) is 3.11. The van der Waals surface area contributed by atoms with Crippen molar-refractivity contribution in [3.63, 3.8) is 0 Å². The Morgan fingerprint density at radius 3 is 2.75 bits per heavy atom. The van der Waals surface area contributed by atoms with Crippen molar-refractivity contribution in [2.24, 2.45) is 0 Å². The predicted molar refractivity (Wildman–Crippen MR) is 61.3 cm³/mol. The number of aryl methyl sites for hydroxylation is 1. The van der Waals surface area contributed by atoms with Gasteiger partial charge in [-0.15, -0.1) is 0 Å². The SMILES string of the molecule is Cc1onc(-c2ccccc2Br)c1C(=O)O. The van der Waals surface area contributed by atoms with Gasteiger partial charge in [-0.1, -0.05) is 39.3 Å². The number of nitrogens with zero attached hydrogens (tertiary/aromatic N) is 1. The highest BCUT2D eigenvalue weighted by atomic mass is 79.9. The Balaban J connectivity index is 2.66. The molecular weight excluding hydrogens is 274 g/mol. The van der Waals surface area contributed by atoms with Crippen molar-refractivity contribution in [1.29, 1.82) is 0 Å². The first-order valence-electron chi connectivity index (χ1n) is 4.55. The lowest BCUT2D eigenvalue weighted by molar-refractivity contribution is 0.0696.